The highest BCUT2D eigenvalue weighted by Crippen LogP contribution is 2.21. The third-order valence-electron chi connectivity index (χ3n) is 2.30. The molecule has 1 rings (SSSR count). The molecule has 0 aromatic heterocycles. The Hall–Kier alpha value is -0.810. The second-order valence-corrected chi connectivity index (χ2v) is 4.12. The third-order valence-corrected chi connectivity index (χ3v) is 2.61. The molecule has 0 amide bonds. The van der Waals surface area contributed by atoms with Crippen LogP contribution in [0.2, 0.25) is 5.02 Å². The van der Waals surface area contributed by atoms with Gasteiger partial charge in [0.2, 0.25) is 0 Å². The normalized spacial score (nSPS) is 13.8. The molecule has 0 heterocycles. The third kappa shape index (κ3) is 4.91. The average Bonchev–Trinajstić information content (AvgIpc) is 2.20. The van der Waals surface area contributed by atoms with Crippen LogP contribution in [-0.2, 0) is 0 Å². The number of hydrogen-bond donors (Lipinski definition) is 1. The van der Waals surface area contributed by atoms with E-state index in [2.05, 4.69) is 5.32 Å². The molecule has 17 heavy (non-hydrogen) atoms. The van der Waals surface area contributed by atoms with Gasteiger partial charge in [0.1, 0.15) is 5.82 Å². The van der Waals surface area contributed by atoms with Gasteiger partial charge in [0, 0.05) is 12.6 Å². The summed E-state index contributed by atoms with van der Waals surface area (Å²) in [6, 6.07) is 3.82. The van der Waals surface area contributed by atoms with Crippen molar-refractivity contribution >= 4 is 11.6 Å². The van der Waals surface area contributed by atoms with Gasteiger partial charge in [0.05, 0.1) is 11.4 Å². The molecule has 0 bridgehead atoms. The molecule has 0 saturated carbocycles. The van der Waals surface area contributed by atoms with E-state index >= 15 is 0 Å². The standard InChI is InChI=1S/C11H12ClF4N/c1-7(17-5-4-11(14,15)16)8-2-3-9(12)10(13)6-8/h2-3,6-7,17H,4-5H2,1H3. The van der Waals surface area contributed by atoms with Gasteiger partial charge in [-0.25, -0.2) is 4.39 Å². The Balaban J connectivity index is 2.52. The lowest BCUT2D eigenvalue weighted by Gasteiger charge is -2.15. The van der Waals surface area contributed by atoms with Crippen LogP contribution in [0.1, 0.15) is 24.9 Å². The van der Waals surface area contributed by atoms with Crippen molar-refractivity contribution in [3.8, 4) is 0 Å². The number of alkyl halides is 3. The quantitative estimate of drug-likeness (QED) is 0.812. The van der Waals surface area contributed by atoms with E-state index in [4.69, 9.17) is 11.6 Å². The van der Waals surface area contributed by atoms with Crippen molar-refractivity contribution in [2.75, 3.05) is 6.54 Å². The largest absolute Gasteiger partial charge is 0.390 e. The topological polar surface area (TPSA) is 12.0 Å². The Morgan fingerprint density at radius 1 is 1.35 bits per heavy atom. The van der Waals surface area contributed by atoms with Gasteiger partial charge in [0.15, 0.2) is 0 Å². The number of rotatable bonds is 4. The first-order chi connectivity index (χ1) is 7.79. The van der Waals surface area contributed by atoms with E-state index in [1.807, 2.05) is 0 Å². The molecule has 0 aliphatic rings. The molecule has 1 aromatic rings. The van der Waals surface area contributed by atoms with Crippen molar-refractivity contribution in [1.29, 1.82) is 0 Å². The van der Waals surface area contributed by atoms with Crippen LogP contribution in [-0.4, -0.2) is 12.7 Å². The van der Waals surface area contributed by atoms with E-state index in [0.29, 0.717) is 5.56 Å². The minimum absolute atomic E-state index is 0.00348. The van der Waals surface area contributed by atoms with Crippen molar-refractivity contribution in [3.05, 3.63) is 34.6 Å². The Morgan fingerprint density at radius 2 is 2.00 bits per heavy atom. The van der Waals surface area contributed by atoms with Crippen molar-refractivity contribution in [2.24, 2.45) is 0 Å². The molecule has 1 unspecified atom stereocenters. The fourth-order valence-corrected chi connectivity index (χ4v) is 1.45. The molecule has 1 aromatic carbocycles. The summed E-state index contributed by atoms with van der Waals surface area (Å²) >= 11 is 5.51. The van der Waals surface area contributed by atoms with E-state index in [1.165, 1.54) is 12.1 Å². The zero-order valence-corrected chi connectivity index (χ0v) is 9.87. The van der Waals surface area contributed by atoms with Gasteiger partial charge >= 0.3 is 6.18 Å². The molecule has 0 radical (unpaired) electrons. The SMILES string of the molecule is CC(NCCC(F)(F)F)c1ccc(Cl)c(F)c1. The molecule has 1 atom stereocenters. The summed E-state index contributed by atoms with van der Waals surface area (Å²) in [6.07, 6.45) is -5.09. The van der Waals surface area contributed by atoms with E-state index in [0.717, 1.165) is 0 Å². The van der Waals surface area contributed by atoms with Crippen molar-refractivity contribution in [3.63, 3.8) is 0 Å². The predicted octanol–water partition coefficient (Wildman–Crippen LogP) is 4.08. The van der Waals surface area contributed by atoms with Gasteiger partial charge in [-0.15, -0.1) is 0 Å². The summed E-state index contributed by atoms with van der Waals surface area (Å²) in [5.74, 6) is -0.575. The second kappa shape index (κ2) is 5.69. The number of hydrogen-bond acceptors (Lipinski definition) is 1. The van der Waals surface area contributed by atoms with Gasteiger partial charge in [0.25, 0.3) is 0 Å². The monoisotopic (exact) mass is 269 g/mol. The van der Waals surface area contributed by atoms with Crippen LogP contribution in [0, 0.1) is 5.82 Å². The number of nitrogens with one attached hydrogen (secondary N) is 1. The Bertz CT molecular complexity index is 378. The van der Waals surface area contributed by atoms with Crippen LogP contribution in [0.25, 0.3) is 0 Å². The molecule has 1 N–H and O–H groups in total. The molecule has 96 valence electrons. The molecule has 0 aliphatic carbocycles. The van der Waals surface area contributed by atoms with E-state index in [9.17, 15) is 17.6 Å². The summed E-state index contributed by atoms with van der Waals surface area (Å²) < 4.78 is 48.8. The fourth-order valence-electron chi connectivity index (χ4n) is 1.33. The van der Waals surface area contributed by atoms with Gasteiger partial charge in [-0.2, -0.15) is 13.2 Å². The maximum atomic E-state index is 13.1. The van der Waals surface area contributed by atoms with Gasteiger partial charge in [-0.05, 0) is 24.6 Å². The predicted molar refractivity (Wildman–Crippen MR) is 58.5 cm³/mol. The summed E-state index contributed by atoms with van der Waals surface area (Å²) in [5.41, 5.74) is 0.564. The van der Waals surface area contributed by atoms with Crippen LogP contribution in [0.3, 0.4) is 0 Å². The van der Waals surface area contributed by atoms with Gasteiger partial charge < -0.3 is 5.32 Å². The number of benzene rings is 1. The minimum atomic E-state index is -4.18. The molecule has 1 nitrogen and oxygen atoms in total. The lowest BCUT2D eigenvalue weighted by molar-refractivity contribution is -0.133. The number of halogens is 5. The highest BCUT2D eigenvalue weighted by Gasteiger charge is 2.26. The molecule has 0 saturated heterocycles. The Morgan fingerprint density at radius 3 is 2.53 bits per heavy atom. The summed E-state index contributed by atoms with van der Waals surface area (Å²) in [4.78, 5) is 0. The highest BCUT2D eigenvalue weighted by molar-refractivity contribution is 6.30. The van der Waals surface area contributed by atoms with Crippen LogP contribution in [0.4, 0.5) is 17.6 Å². The summed E-state index contributed by atoms with van der Waals surface area (Å²) in [5, 5.41) is 2.67. The first-order valence-corrected chi connectivity index (χ1v) is 5.42. The maximum Gasteiger partial charge on any atom is 0.390 e. The Labute approximate surface area is 102 Å². The smallest absolute Gasteiger partial charge is 0.310 e. The fraction of sp³-hybridized carbons (Fsp3) is 0.455. The van der Waals surface area contributed by atoms with Gasteiger partial charge in [-0.1, -0.05) is 17.7 Å². The summed E-state index contributed by atoms with van der Waals surface area (Å²) in [6.45, 7) is 1.47. The molecular formula is C11H12ClF4N. The first kappa shape index (κ1) is 14.3. The van der Waals surface area contributed by atoms with Crippen molar-refractivity contribution in [1.82, 2.24) is 5.32 Å². The Kier molecular flexibility index (Phi) is 4.77. The van der Waals surface area contributed by atoms with Gasteiger partial charge in [-0.3, -0.25) is 0 Å². The minimum Gasteiger partial charge on any atom is -0.310 e. The molecule has 0 aliphatic heterocycles. The lowest BCUT2D eigenvalue weighted by Crippen LogP contribution is -2.24. The molecular weight excluding hydrogens is 258 g/mol. The maximum absolute atomic E-state index is 13.1. The summed E-state index contributed by atoms with van der Waals surface area (Å²) in [7, 11) is 0. The van der Waals surface area contributed by atoms with Crippen molar-refractivity contribution in [2.45, 2.75) is 25.6 Å². The van der Waals surface area contributed by atoms with E-state index in [-0.39, 0.29) is 17.6 Å². The highest BCUT2D eigenvalue weighted by atomic mass is 35.5. The molecule has 6 heteroatoms. The van der Waals surface area contributed by atoms with Crippen molar-refractivity contribution < 1.29 is 17.6 Å². The first-order valence-electron chi connectivity index (χ1n) is 5.04. The average molecular weight is 270 g/mol. The molecule has 0 spiro atoms. The zero-order valence-electron chi connectivity index (χ0n) is 9.11. The van der Waals surface area contributed by atoms with Crippen LogP contribution < -0.4 is 5.32 Å². The van der Waals surface area contributed by atoms with E-state index < -0.39 is 18.4 Å². The van der Waals surface area contributed by atoms with Crippen LogP contribution >= 0.6 is 11.6 Å². The molecule has 0 fully saturated rings. The van der Waals surface area contributed by atoms with E-state index in [1.54, 1.807) is 13.0 Å². The lowest BCUT2D eigenvalue weighted by atomic mass is 10.1. The zero-order chi connectivity index (χ0) is 13.1. The second-order valence-electron chi connectivity index (χ2n) is 3.71. The van der Waals surface area contributed by atoms with Crippen LogP contribution in [0.15, 0.2) is 18.2 Å². The van der Waals surface area contributed by atoms with Crippen LogP contribution in [0.5, 0.6) is 0 Å².